The van der Waals surface area contributed by atoms with Gasteiger partial charge in [-0.05, 0) is 11.1 Å². The van der Waals surface area contributed by atoms with E-state index in [4.69, 9.17) is 29.6 Å². The molecule has 0 saturated carbocycles. The highest BCUT2D eigenvalue weighted by Gasteiger charge is 2.35. The Bertz CT molecular complexity index is 1060. The van der Waals surface area contributed by atoms with Crippen molar-refractivity contribution in [2.24, 2.45) is 0 Å². The van der Waals surface area contributed by atoms with Crippen LogP contribution in [0.1, 0.15) is 16.1 Å². The first-order chi connectivity index (χ1) is 16.9. The maximum atomic E-state index is 11.6. The predicted molar refractivity (Wildman–Crippen MR) is 133 cm³/mol. The quantitative estimate of drug-likeness (QED) is 0.216. The third kappa shape index (κ3) is 9.59. The number of nitrogens with zero attached hydrogens (tertiary/aromatic N) is 1. The molecule has 3 rings (SSSR count). The molecule has 0 radical (unpaired) electrons. The second-order valence-corrected chi connectivity index (χ2v) is 11.5. The third-order valence-electron chi connectivity index (χ3n) is 4.77. The lowest BCUT2D eigenvalue weighted by Gasteiger charge is -2.25. The van der Waals surface area contributed by atoms with Crippen LogP contribution >= 0.6 is 22.0 Å². The van der Waals surface area contributed by atoms with Crippen molar-refractivity contribution in [1.82, 2.24) is 4.98 Å². The summed E-state index contributed by atoms with van der Waals surface area (Å²) in [7, 11) is 1.45. The van der Waals surface area contributed by atoms with Crippen LogP contribution in [0.4, 0.5) is 0 Å². The minimum Gasteiger partial charge on any atom is -0.378 e. The van der Waals surface area contributed by atoms with Gasteiger partial charge in [-0.3, -0.25) is 0 Å². The zero-order valence-electron chi connectivity index (χ0n) is 19.0. The van der Waals surface area contributed by atoms with Crippen LogP contribution in [0.2, 0.25) is 0 Å². The summed E-state index contributed by atoms with van der Waals surface area (Å²) >= 11 is 0.774. The highest BCUT2D eigenvalue weighted by Crippen LogP contribution is 2.30. The van der Waals surface area contributed by atoms with E-state index in [0.29, 0.717) is 26.4 Å². The molecule has 0 aliphatic rings. The molecule has 3 aromatic rings. The van der Waals surface area contributed by atoms with Crippen molar-refractivity contribution in [2.45, 2.75) is 23.0 Å². The van der Waals surface area contributed by atoms with Crippen LogP contribution < -0.4 is 0 Å². The van der Waals surface area contributed by atoms with Gasteiger partial charge in [-0.25, -0.2) is 13.4 Å². The smallest absolute Gasteiger partial charge is 0.272 e. The maximum absolute atomic E-state index is 11.6. The number of ether oxygens (including phenoxy) is 4. The molecule has 0 aliphatic carbocycles. The van der Waals surface area contributed by atoms with Gasteiger partial charge in [0.25, 0.3) is 9.05 Å². The van der Waals surface area contributed by atoms with Gasteiger partial charge in [0, 0.05) is 10.7 Å². The minimum absolute atomic E-state index is 0.132. The Kier molecular flexibility index (Phi) is 11.1. The molecular formula is C24H28ClNO7S2. The first kappa shape index (κ1) is 27.7. The van der Waals surface area contributed by atoms with Gasteiger partial charge >= 0.3 is 0 Å². The summed E-state index contributed by atoms with van der Waals surface area (Å²) in [5, 5.41) is 11.3. The van der Waals surface area contributed by atoms with E-state index < -0.39 is 14.7 Å². The van der Waals surface area contributed by atoms with E-state index in [2.05, 4.69) is 4.98 Å². The Balaban J connectivity index is 1.47. The molecule has 0 atom stereocenters. The topological polar surface area (TPSA) is 104 Å². The lowest BCUT2D eigenvalue weighted by atomic mass is 10.1. The molecule has 1 N–H and O–H groups in total. The van der Waals surface area contributed by atoms with Gasteiger partial charge in [0.2, 0.25) is 0 Å². The van der Waals surface area contributed by atoms with Crippen LogP contribution in [-0.4, -0.2) is 58.1 Å². The lowest BCUT2D eigenvalue weighted by molar-refractivity contribution is -0.112. The van der Waals surface area contributed by atoms with Crippen molar-refractivity contribution < 1.29 is 32.5 Å². The first-order valence-electron chi connectivity index (χ1n) is 10.9. The molecule has 1 heterocycles. The number of thiazole rings is 1. The summed E-state index contributed by atoms with van der Waals surface area (Å²) in [6.45, 7) is 1.65. The number of benzene rings is 2. The van der Waals surface area contributed by atoms with Gasteiger partial charge in [-0.2, -0.15) is 0 Å². The number of aromatic nitrogens is 1. The summed E-state index contributed by atoms with van der Waals surface area (Å²) in [4.78, 5) is 4.05. The van der Waals surface area contributed by atoms with Gasteiger partial charge < -0.3 is 24.1 Å². The average Bonchev–Trinajstić information content (AvgIpc) is 3.37. The van der Waals surface area contributed by atoms with E-state index >= 15 is 0 Å². The second kappa shape index (κ2) is 14.0. The predicted octanol–water partition coefficient (Wildman–Crippen LogP) is 3.73. The minimum atomic E-state index is -3.96. The monoisotopic (exact) mass is 541 g/mol. The highest BCUT2D eigenvalue weighted by atomic mass is 35.7. The van der Waals surface area contributed by atoms with Crippen molar-refractivity contribution in [3.05, 3.63) is 83.0 Å². The van der Waals surface area contributed by atoms with Crippen molar-refractivity contribution in [2.75, 3.05) is 39.6 Å². The highest BCUT2D eigenvalue weighted by molar-refractivity contribution is 8.15. The molecule has 0 spiro atoms. The van der Waals surface area contributed by atoms with Crippen LogP contribution in [0.5, 0.6) is 0 Å². The van der Waals surface area contributed by atoms with Crippen LogP contribution in [0, 0.1) is 0 Å². The van der Waals surface area contributed by atoms with E-state index in [1.807, 2.05) is 60.7 Å². The zero-order chi connectivity index (χ0) is 25.0. The summed E-state index contributed by atoms with van der Waals surface area (Å²) in [5.74, 6) is 0. The Morgan fingerprint density at radius 3 is 1.69 bits per heavy atom. The number of halogens is 1. The average molecular weight is 542 g/mol. The van der Waals surface area contributed by atoms with E-state index in [1.54, 1.807) is 0 Å². The number of hydrogen-bond donors (Lipinski definition) is 1. The first-order valence-corrected chi connectivity index (χ1v) is 14.0. The van der Waals surface area contributed by atoms with Crippen molar-refractivity contribution >= 4 is 31.1 Å². The fraction of sp³-hybridized carbons (Fsp3) is 0.375. The van der Waals surface area contributed by atoms with Gasteiger partial charge in [0.05, 0.1) is 59.1 Å². The molecule has 190 valence electrons. The summed E-state index contributed by atoms with van der Waals surface area (Å²) in [6.07, 6.45) is 1.11. The Labute approximate surface area is 213 Å². The zero-order valence-corrected chi connectivity index (χ0v) is 21.4. The van der Waals surface area contributed by atoms with Crippen LogP contribution in [-0.2, 0) is 46.8 Å². The molecule has 0 aliphatic heterocycles. The number of aliphatic hydroxyl groups is 1. The van der Waals surface area contributed by atoms with Crippen LogP contribution in [0.3, 0.4) is 0 Å². The van der Waals surface area contributed by atoms with Gasteiger partial charge in [-0.15, -0.1) is 11.3 Å². The lowest BCUT2D eigenvalue weighted by Crippen LogP contribution is -2.37. The molecule has 11 heteroatoms. The van der Waals surface area contributed by atoms with E-state index in [9.17, 15) is 13.5 Å². The molecule has 0 fully saturated rings. The Morgan fingerprint density at radius 2 is 1.26 bits per heavy atom. The van der Waals surface area contributed by atoms with Crippen LogP contribution in [0.15, 0.2) is 71.1 Å². The molecular weight excluding hydrogens is 514 g/mol. The fourth-order valence-electron chi connectivity index (χ4n) is 3.00. The summed E-state index contributed by atoms with van der Waals surface area (Å²) < 4.78 is 45.5. The molecule has 2 aromatic carbocycles. The van der Waals surface area contributed by atoms with Gasteiger partial charge in [-0.1, -0.05) is 60.7 Å². The summed E-state index contributed by atoms with van der Waals surface area (Å²) in [5.41, 5.74) is 0.428. The largest absolute Gasteiger partial charge is 0.378 e. The van der Waals surface area contributed by atoms with Crippen molar-refractivity contribution in [3.8, 4) is 0 Å². The molecule has 8 nitrogen and oxygen atoms in total. The fourth-order valence-corrected chi connectivity index (χ4v) is 4.92. The maximum Gasteiger partial charge on any atom is 0.272 e. The standard InChI is InChI=1S/C24H28ClNO7S2/c25-35(28,29)22-15-26-23(34-22)24(27,18-32-13-11-30-16-20-7-3-1-4-8-20)19-33-14-12-31-17-21-9-5-2-6-10-21/h1-10,15,27H,11-14,16-19H2. The molecule has 0 bridgehead atoms. The molecule has 0 amide bonds. The molecule has 35 heavy (non-hydrogen) atoms. The number of hydrogen-bond acceptors (Lipinski definition) is 9. The Hall–Kier alpha value is -1.89. The second-order valence-electron chi connectivity index (χ2n) is 7.64. The normalized spacial score (nSPS) is 12.2. The SMILES string of the molecule is O=S(=O)(Cl)c1cnc(C(O)(COCCOCc2ccccc2)COCCOCc2ccccc2)s1. The molecule has 1 aromatic heterocycles. The van der Waals surface area contributed by atoms with E-state index in [1.165, 1.54) is 0 Å². The molecule has 0 saturated heterocycles. The third-order valence-corrected chi connectivity index (χ3v) is 8.02. The van der Waals surface area contributed by atoms with E-state index in [0.717, 1.165) is 28.7 Å². The van der Waals surface area contributed by atoms with Crippen molar-refractivity contribution in [3.63, 3.8) is 0 Å². The summed E-state index contributed by atoms with van der Waals surface area (Å²) in [6, 6.07) is 19.5. The van der Waals surface area contributed by atoms with Gasteiger partial charge in [0.15, 0.2) is 9.81 Å². The van der Waals surface area contributed by atoms with Gasteiger partial charge in [0.1, 0.15) is 5.01 Å². The number of rotatable bonds is 16. The van der Waals surface area contributed by atoms with Crippen LogP contribution in [0.25, 0.3) is 0 Å². The van der Waals surface area contributed by atoms with Crippen molar-refractivity contribution in [1.29, 1.82) is 0 Å². The molecule has 0 unspecified atom stereocenters. The van der Waals surface area contributed by atoms with E-state index in [-0.39, 0.29) is 35.6 Å². The Morgan fingerprint density at radius 1 is 0.800 bits per heavy atom.